The zero-order valence-electron chi connectivity index (χ0n) is 11.2. The van der Waals surface area contributed by atoms with Crippen molar-refractivity contribution in [3.63, 3.8) is 0 Å². The van der Waals surface area contributed by atoms with Gasteiger partial charge in [0.05, 0.1) is 17.9 Å². The van der Waals surface area contributed by atoms with Crippen LogP contribution in [-0.2, 0) is 23.1 Å². The lowest BCUT2D eigenvalue weighted by molar-refractivity contribution is -0.0124. The van der Waals surface area contributed by atoms with E-state index in [9.17, 15) is 0 Å². The molecule has 0 aliphatic carbocycles. The summed E-state index contributed by atoms with van der Waals surface area (Å²) in [4.78, 5) is 0. The SMILES string of the molecule is COC(C)(C)CCOCc1c(C)nn(C)c1Cl. The van der Waals surface area contributed by atoms with Crippen LogP contribution in [0.15, 0.2) is 0 Å². The first-order valence-electron chi connectivity index (χ1n) is 5.68. The predicted molar refractivity (Wildman–Crippen MR) is 68.3 cm³/mol. The second-order valence-corrected chi connectivity index (χ2v) is 5.10. The highest BCUT2D eigenvalue weighted by atomic mass is 35.5. The van der Waals surface area contributed by atoms with Gasteiger partial charge in [-0.25, -0.2) is 0 Å². The molecule has 0 amide bonds. The molecule has 5 heteroatoms. The summed E-state index contributed by atoms with van der Waals surface area (Å²) in [6.07, 6.45) is 0.848. The van der Waals surface area contributed by atoms with E-state index < -0.39 is 0 Å². The third kappa shape index (κ3) is 3.98. The molecule has 1 heterocycles. The fourth-order valence-electron chi connectivity index (χ4n) is 1.43. The Morgan fingerprint density at radius 1 is 1.41 bits per heavy atom. The van der Waals surface area contributed by atoms with Crippen molar-refractivity contribution in [2.75, 3.05) is 13.7 Å². The molecule has 17 heavy (non-hydrogen) atoms. The molecule has 0 saturated heterocycles. The standard InChI is InChI=1S/C12H21ClN2O2/c1-9-10(11(13)15(4)14-9)8-17-7-6-12(2,3)16-5/h6-8H2,1-5H3. The van der Waals surface area contributed by atoms with E-state index in [1.807, 2.05) is 27.8 Å². The Hall–Kier alpha value is -0.580. The largest absolute Gasteiger partial charge is 0.379 e. The van der Waals surface area contributed by atoms with Crippen LogP contribution in [0, 0.1) is 6.92 Å². The van der Waals surface area contributed by atoms with E-state index in [-0.39, 0.29) is 5.60 Å². The summed E-state index contributed by atoms with van der Waals surface area (Å²) in [5.41, 5.74) is 1.74. The smallest absolute Gasteiger partial charge is 0.132 e. The summed E-state index contributed by atoms with van der Waals surface area (Å²) in [5.74, 6) is 0. The molecule has 0 spiro atoms. The number of rotatable bonds is 6. The van der Waals surface area contributed by atoms with Crippen LogP contribution < -0.4 is 0 Å². The number of methoxy groups -OCH3 is 1. The first-order valence-corrected chi connectivity index (χ1v) is 6.06. The van der Waals surface area contributed by atoms with Crippen LogP contribution >= 0.6 is 11.6 Å². The van der Waals surface area contributed by atoms with Crippen molar-refractivity contribution in [1.82, 2.24) is 9.78 Å². The van der Waals surface area contributed by atoms with Gasteiger partial charge in [-0.2, -0.15) is 5.10 Å². The Bertz CT molecular complexity index is 375. The van der Waals surface area contributed by atoms with Crippen LogP contribution in [0.25, 0.3) is 0 Å². The van der Waals surface area contributed by atoms with Gasteiger partial charge in [0, 0.05) is 26.3 Å². The molecule has 1 aromatic heterocycles. The van der Waals surface area contributed by atoms with E-state index in [4.69, 9.17) is 21.1 Å². The van der Waals surface area contributed by atoms with Gasteiger partial charge in [-0.15, -0.1) is 0 Å². The first kappa shape index (κ1) is 14.5. The summed E-state index contributed by atoms with van der Waals surface area (Å²) in [6, 6.07) is 0. The Morgan fingerprint density at radius 3 is 2.53 bits per heavy atom. The topological polar surface area (TPSA) is 36.3 Å². The van der Waals surface area contributed by atoms with Crippen molar-refractivity contribution in [2.45, 2.75) is 39.4 Å². The van der Waals surface area contributed by atoms with E-state index in [0.29, 0.717) is 18.4 Å². The van der Waals surface area contributed by atoms with Gasteiger partial charge in [0.25, 0.3) is 0 Å². The zero-order valence-corrected chi connectivity index (χ0v) is 12.0. The molecule has 0 saturated carbocycles. The lowest BCUT2D eigenvalue weighted by Crippen LogP contribution is -2.24. The lowest BCUT2D eigenvalue weighted by atomic mass is 10.1. The Morgan fingerprint density at radius 2 is 2.06 bits per heavy atom. The maximum atomic E-state index is 6.11. The maximum Gasteiger partial charge on any atom is 0.132 e. The van der Waals surface area contributed by atoms with Gasteiger partial charge < -0.3 is 9.47 Å². The van der Waals surface area contributed by atoms with Crippen molar-refractivity contribution < 1.29 is 9.47 Å². The summed E-state index contributed by atoms with van der Waals surface area (Å²) in [6.45, 7) is 7.16. The molecule has 1 aromatic rings. The molecule has 0 radical (unpaired) electrons. The van der Waals surface area contributed by atoms with Crippen molar-refractivity contribution in [2.24, 2.45) is 7.05 Å². The molecule has 0 N–H and O–H groups in total. The summed E-state index contributed by atoms with van der Waals surface area (Å²) in [5, 5.41) is 4.88. The zero-order chi connectivity index (χ0) is 13.1. The Kier molecular flexibility index (Phi) is 4.98. The van der Waals surface area contributed by atoms with E-state index in [1.165, 1.54) is 0 Å². The van der Waals surface area contributed by atoms with Crippen LogP contribution in [0.1, 0.15) is 31.5 Å². The van der Waals surface area contributed by atoms with E-state index in [1.54, 1.807) is 11.8 Å². The van der Waals surface area contributed by atoms with Gasteiger partial charge in [0.2, 0.25) is 0 Å². The van der Waals surface area contributed by atoms with Gasteiger partial charge in [-0.05, 0) is 27.2 Å². The van der Waals surface area contributed by atoms with Crippen molar-refractivity contribution in [3.8, 4) is 0 Å². The number of ether oxygens (including phenoxy) is 2. The Balaban J connectivity index is 2.41. The third-order valence-electron chi connectivity index (χ3n) is 2.92. The molecule has 0 bridgehead atoms. The van der Waals surface area contributed by atoms with E-state index in [2.05, 4.69) is 5.10 Å². The molecule has 98 valence electrons. The summed E-state index contributed by atoms with van der Waals surface area (Å²) < 4.78 is 12.6. The average molecular weight is 261 g/mol. The first-order chi connectivity index (χ1) is 7.87. The van der Waals surface area contributed by atoms with Crippen molar-refractivity contribution in [3.05, 3.63) is 16.4 Å². The second-order valence-electron chi connectivity index (χ2n) is 4.74. The number of hydrogen-bond acceptors (Lipinski definition) is 3. The second kappa shape index (κ2) is 5.85. The number of nitrogens with zero attached hydrogens (tertiary/aromatic N) is 2. The molecule has 1 rings (SSSR count). The molecular formula is C12H21ClN2O2. The van der Waals surface area contributed by atoms with Crippen molar-refractivity contribution >= 4 is 11.6 Å². The summed E-state index contributed by atoms with van der Waals surface area (Å²) >= 11 is 6.11. The fraction of sp³-hybridized carbons (Fsp3) is 0.750. The number of hydrogen-bond donors (Lipinski definition) is 0. The van der Waals surface area contributed by atoms with Crippen LogP contribution in [0.3, 0.4) is 0 Å². The van der Waals surface area contributed by atoms with Crippen molar-refractivity contribution in [1.29, 1.82) is 0 Å². The highest BCUT2D eigenvalue weighted by Crippen LogP contribution is 2.20. The molecule has 4 nitrogen and oxygen atoms in total. The minimum absolute atomic E-state index is 0.145. The highest BCUT2D eigenvalue weighted by molar-refractivity contribution is 6.30. The highest BCUT2D eigenvalue weighted by Gasteiger charge is 2.16. The molecule has 0 unspecified atom stereocenters. The fourth-order valence-corrected chi connectivity index (χ4v) is 1.66. The van der Waals surface area contributed by atoms with Crippen LogP contribution in [-0.4, -0.2) is 29.1 Å². The average Bonchev–Trinajstić information content (AvgIpc) is 2.50. The summed E-state index contributed by atoms with van der Waals surface area (Å²) in [7, 11) is 3.54. The Labute approximate surface area is 108 Å². The quantitative estimate of drug-likeness (QED) is 0.738. The minimum atomic E-state index is -0.145. The van der Waals surface area contributed by atoms with E-state index in [0.717, 1.165) is 17.7 Å². The molecule has 0 fully saturated rings. The van der Waals surface area contributed by atoms with Gasteiger partial charge in [0.15, 0.2) is 0 Å². The number of aryl methyl sites for hydroxylation is 2. The van der Waals surface area contributed by atoms with Crippen LogP contribution in [0.5, 0.6) is 0 Å². The van der Waals surface area contributed by atoms with Gasteiger partial charge in [-0.1, -0.05) is 11.6 Å². The minimum Gasteiger partial charge on any atom is -0.379 e. The third-order valence-corrected chi connectivity index (χ3v) is 3.39. The molecule has 0 aliphatic rings. The molecule has 0 aliphatic heterocycles. The molecular weight excluding hydrogens is 240 g/mol. The monoisotopic (exact) mass is 260 g/mol. The number of halogens is 1. The van der Waals surface area contributed by atoms with Crippen LogP contribution in [0.2, 0.25) is 5.15 Å². The van der Waals surface area contributed by atoms with Crippen LogP contribution in [0.4, 0.5) is 0 Å². The van der Waals surface area contributed by atoms with E-state index >= 15 is 0 Å². The van der Waals surface area contributed by atoms with Gasteiger partial charge >= 0.3 is 0 Å². The lowest BCUT2D eigenvalue weighted by Gasteiger charge is -2.22. The normalized spacial score (nSPS) is 12.1. The predicted octanol–water partition coefficient (Wildman–Crippen LogP) is 2.71. The molecule has 0 atom stereocenters. The number of aromatic nitrogens is 2. The molecule has 0 aromatic carbocycles. The van der Waals surface area contributed by atoms with Gasteiger partial charge in [-0.3, -0.25) is 4.68 Å². The van der Waals surface area contributed by atoms with Gasteiger partial charge in [0.1, 0.15) is 5.15 Å². The maximum absolute atomic E-state index is 6.11.